The fraction of sp³-hybridized carbons (Fsp3) is 0.429. The molecule has 16 heavy (non-hydrogen) atoms. The largest absolute Gasteiger partial charge is 0.497 e. The van der Waals surface area contributed by atoms with Gasteiger partial charge in [0.1, 0.15) is 18.0 Å². The maximum Gasteiger partial charge on any atom is 0.145 e. The molecule has 86 valence electrons. The van der Waals surface area contributed by atoms with Gasteiger partial charge in [-0.25, -0.2) is 0 Å². The van der Waals surface area contributed by atoms with E-state index in [1.54, 1.807) is 7.11 Å². The molecule has 0 N–H and O–H groups in total. The summed E-state index contributed by atoms with van der Waals surface area (Å²) in [7, 11) is 3.89. The van der Waals surface area contributed by atoms with Gasteiger partial charge in [0.05, 0.1) is 20.7 Å². The molecule has 0 saturated carbocycles. The smallest absolute Gasteiger partial charge is 0.145 e. The highest BCUT2D eigenvalue weighted by atomic mass is 16.5. The molecule has 0 aromatic heterocycles. The molecule has 2 heteroatoms. The van der Waals surface area contributed by atoms with Crippen LogP contribution in [0.25, 0.3) is 0 Å². The second kappa shape index (κ2) is 5.58. The molecule has 0 saturated heterocycles. The van der Waals surface area contributed by atoms with Gasteiger partial charge in [0.2, 0.25) is 0 Å². The zero-order valence-corrected chi connectivity index (χ0v) is 10.6. The third-order valence-electron chi connectivity index (χ3n) is 3.00. The Morgan fingerprint density at radius 2 is 1.88 bits per heavy atom. The molecular weight excluding hydrogens is 198 g/mol. The summed E-state index contributed by atoms with van der Waals surface area (Å²) in [6, 6.07) is 8.22. The Balaban J connectivity index is 2.96. The quantitative estimate of drug-likeness (QED) is 0.557. The first kappa shape index (κ1) is 12.6. The number of ether oxygens (including phenoxy) is 1. The number of hydrogen-bond donors (Lipinski definition) is 0. The fourth-order valence-corrected chi connectivity index (χ4v) is 1.58. The predicted molar refractivity (Wildman–Crippen MR) is 69.6 cm³/mol. The highest BCUT2D eigenvalue weighted by Crippen LogP contribution is 2.23. The van der Waals surface area contributed by atoms with Crippen LogP contribution in [-0.2, 0) is 0 Å². The number of hydrogen-bond acceptors (Lipinski definition) is 1. The topological polar surface area (TPSA) is 9.23 Å². The first-order valence-electron chi connectivity index (χ1n) is 5.55. The highest BCUT2D eigenvalue weighted by Gasteiger charge is 2.21. The van der Waals surface area contributed by atoms with Crippen LogP contribution in [0.1, 0.15) is 13.8 Å². The molecule has 2 nitrogen and oxygen atoms in total. The van der Waals surface area contributed by atoms with Crippen molar-refractivity contribution in [3.05, 3.63) is 24.3 Å². The van der Waals surface area contributed by atoms with Gasteiger partial charge in [-0.1, -0.05) is 0 Å². The van der Waals surface area contributed by atoms with Crippen molar-refractivity contribution in [2.45, 2.75) is 13.8 Å². The van der Waals surface area contributed by atoms with Gasteiger partial charge in [0, 0.05) is 12.1 Å². The molecule has 0 spiro atoms. The lowest BCUT2D eigenvalue weighted by atomic mass is 10.2. The third kappa shape index (κ3) is 2.77. The first-order chi connectivity index (χ1) is 7.66. The Labute approximate surface area is 98.4 Å². The first-order valence-corrected chi connectivity index (χ1v) is 5.55. The lowest BCUT2D eigenvalue weighted by Crippen LogP contribution is -2.45. The Kier molecular flexibility index (Phi) is 4.39. The minimum Gasteiger partial charge on any atom is -0.497 e. The van der Waals surface area contributed by atoms with E-state index >= 15 is 0 Å². The van der Waals surface area contributed by atoms with E-state index in [9.17, 15) is 0 Å². The SMILES string of the molecule is CC#CC[N+](C)(CC)c1ccc(OC)cc1. The third-order valence-corrected chi connectivity index (χ3v) is 3.00. The van der Waals surface area contributed by atoms with Crippen molar-refractivity contribution in [1.82, 2.24) is 4.48 Å². The minimum atomic E-state index is 0.838. The second-order valence-corrected chi connectivity index (χ2v) is 4.00. The summed E-state index contributed by atoms with van der Waals surface area (Å²) in [6.07, 6.45) is 0. The summed E-state index contributed by atoms with van der Waals surface area (Å²) >= 11 is 0. The summed E-state index contributed by atoms with van der Waals surface area (Å²) < 4.78 is 6.00. The van der Waals surface area contributed by atoms with Crippen LogP contribution in [0.15, 0.2) is 24.3 Å². The van der Waals surface area contributed by atoms with Crippen LogP contribution in [0.4, 0.5) is 5.69 Å². The van der Waals surface area contributed by atoms with E-state index in [4.69, 9.17) is 4.74 Å². The maximum atomic E-state index is 5.16. The van der Waals surface area contributed by atoms with Crippen molar-refractivity contribution in [2.75, 3.05) is 27.2 Å². The molecule has 0 heterocycles. The van der Waals surface area contributed by atoms with Gasteiger partial charge in [0.15, 0.2) is 0 Å². The van der Waals surface area contributed by atoms with E-state index in [0.717, 1.165) is 23.3 Å². The van der Waals surface area contributed by atoms with Crippen molar-refractivity contribution in [3.8, 4) is 17.6 Å². The second-order valence-electron chi connectivity index (χ2n) is 4.00. The van der Waals surface area contributed by atoms with Crippen molar-refractivity contribution in [1.29, 1.82) is 0 Å². The zero-order chi connectivity index (χ0) is 12.0. The van der Waals surface area contributed by atoms with E-state index in [0.29, 0.717) is 0 Å². The normalized spacial score (nSPS) is 13.5. The molecule has 1 rings (SSSR count). The monoisotopic (exact) mass is 218 g/mol. The van der Waals surface area contributed by atoms with Gasteiger partial charge in [-0.3, -0.25) is 4.48 Å². The van der Waals surface area contributed by atoms with E-state index in [2.05, 4.69) is 37.9 Å². The van der Waals surface area contributed by atoms with Gasteiger partial charge < -0.3 is 4.74 Å². The van der Waals surface area contributed by atoms with Crippen LogP contribution in [0.3, 0.4) is 0 Å². The molecule has 0 fully saturated rings. The molecule has 0 aliphatic rings. The van der Waals surface area contributed by atoms with Crippen LogP contribution in [0.2, 0.25) is 0 Å². The molecule has 0 aliphatic heterocycles. The summed E-state index contributed by atoms with van der Waals surface area (Å²) in [5.41, 5.74) is 1.27. The van der Waals surface area contributed by atoms with Gasteiger partial charge in [0.25, 0.3) is 0 Å². The van der Waals surface area contributed by atoms with E-state index in [1.165, 1.54) is 5.69 Å². The molecule has 0 amide bonds. The Morgan fingerprint density at radius 1 is 1.25 bits per heavy atom. The van der Waals surface area contributed by atoms with Crippen molar-refractivity contribution in [3.63, 3.8) is 0 Å². The summed E-state index contributed by atoms with van der Waals surface area (Å²) in [5, 5.41) is 0. The standard InChI is InChI=1S/C14H20NO/c1-5-7-12-15(3,6-2)13-8-10-14(16-4)11-9-13/h8-11H,6,12H2,1-4H3/q+1. The van der Waals surface area contributed by atoms with Gasteiger partial charge in [-0.05, 0) is 31.9 Å². The maximum absolute atomic E-state index is 5.16. The fourth-order valence-electron chi connectivity index (χ4n) is 1.58. The van der Waals surface area contributed by atoms with E-state index in [-0.39, 0.29) is 0 Å². The summed E-state index contributed by atoms with van der Waals surface area (Å²) in [5.74, 6) is 7.01. The number of quaternary nitrogens is 1. The number of nitrogens with zero attached hydrogens (tertiary/aromatic N) is 1. The molecular formula is C14H20NO+. The van der Waals surface area contributed by atoms with Crippen LogP contribution >= 0.6 is 0 Å². The molecule has 0 radical (unpaired) electrons. The zero-order valence-electron chi connectivity index (χ0n) is 10.6. The predicted octanol–water partition coefficient (Wildman–Crippen LogP) is 2.68. The average molecular weight is 218 g/mol. The number of rotatable bonds is 4. The van der Waals surface area contributed by atoms with Gasteiger partial charge in [-0.15, -0.1) is 5.92 Å². The van der Waals surface area contributed by atoms with Crippen LogP contribution in [0, 0.1) is 11.8 Å². The van der Waals surface area contributed by atoms with Gasteiger partial charge >= 0.3 is 0 Å². The molecule has 0 bridgehead atoms. The summed E-state index contributed by atoms with van der Waals surface area (Å²) in [6.45, 7) is 5.94. The van der Waals surface area contributed by atoms with E-state index < -0.39 is 0 Å². The van der Waals surface area contributed by atoms with Crippen LogP contribution < -0.4 is 9.22 Å². The Bertz CT molecular complexity index is 385. The molecule has 1 aromatic rings. The van der Waals surface area contributed by atoms with Crippen molar-refractivity contribution < 1.29 is 4.74 Å². The molecule has 0 aliphatic carbocycles. The number of methoxy groups -OCH3 is 1. The van der Waals surface area contributed by atoms with E-state index in [1.807, 2.05) is 19.1 Å². The Hall–Kier alpha value is -1.46. The molecule has 1 aromatic carbocycles. The average Bonchev–Trinajstić information content (AvgIpc) is 2.36. The van der Waals surface area contributed by atoms with Gasteiger partial charge in [-0.2, -0.15) is 0 Å². The lowest BCUT2D eigenvalue weighted by molar-refractivity contribution is 0.385. The van der Waals surface area contributed by atoms with Crippen LogP contribution in [0.5, 0.6) is 5.75 Å². The molecule has 1 atom stereocenters. The lowest BCUT2D eigenvalue weighted by Gasteiger charge is -2.30. The summed E-state index contributed by atoms with van der Waals surface area (Å²) in [4.78, 5) is 0. The molecule has 1 unspecified atom stereocenters. The minimum absolute atomic E-state index is 0.838. The van der Waals surface area contributed by atoms with Crippen molar-refractivity contribution >= 4 is 5.69 Å². The highest BCUT2D eigenvalue weighted by molar-refractivity contribution is 5.46. The van der Waals surface area contributed by atoms with Crippen molar-refractivity contribution in [2.24, 2.45) is 0 Å². The number of benzene rings is 1. The van der Waals surface area contributed by atoms with Crippen LogP contribution in [-0.4, -0.2) is 27.2 Å². The Morgan fingerprint density at radius 3 is 2.31 bits per heavy atom.